The largest absolute Gasteiger partial charge is 0.467 e. The Balaban J connectivity index is 2.11. The predicted molar refractivity (Wildman–Crippen MR) is 91.9 cm³/mol. The van der Waals surface area contributed by atoms with Crippen molar-refractivity contribution in [3.05, 3.63) is 60.1 Å². The molecule has 1 heterocycles. The van der Waals surface area contributed by atoms with Crippen molar-refractivity contribution in [2.45, 2.75) is 33.4 Å². The number of hydrogen-bond acceptors (Lipinski definition) is 3. The lowest BCUT2D eigenvalue weighted by Crippen LogP contribution is -2.42. The number of benzene rings is 1. The zero-order chi connectivity index (χ0) is 17.4. The summed E-state index contributed by atoms with van der Waals surface area (Å²) >= 11 is 0. The van der Waals surface area contributed by atoms with Gasteiger partial charge in [0.1, 0.15) is 5.76 Å². The fourth-order valence-corrected chi connectivity index (χ4v) is 2.51. The number of rotatable bonds is 8. The highest BCUT2D eigenvalue weighted by molar-refractivity contribution is 5.83. The van der Waals surface area contributed by atoms with Crippen molar-refractivity contribution in [1.29, 1.82) is 0 Å². The highest BCUT2D eigenvalue weighted by Gasteiger charge is 2.20. The molecule has 1 aromatic heterocycles. The number of nitrogens with zero attached hydrogens (tertiary/aromatic N) is 2. The molecule has 0 spiro atoms. The van der Waals surface area contributed by atoms with Gasteiger partial charge in [0.2, 0.25) is 11.8 Å². The molecule has 128 valence electrons. The van der Waals surface area contributed by atoms with Gasteiger partial charge in [-0.3, -0.25) is 9.59 Å². The van der Waals surface area contributed by atoms with Crippen LogP contribution in [0.2, 0.25) is 0 Å². The number of amides is 2. The van der Waals surface area contributed by atoms with Gasteiger partial charge in [0.05, 0.1) is 19.4 Å². The van der Waals surface area contributed by atoms with E-state index in [0.29, 0.717) is 19.6 Å². The maximum Gasteiger partial charge on any atom is 0.242 e. The van der Waals surface area contributed by atoms with Crippen molar-refractivity contribution in [3.8, 4) is 0 Å². The van der Waals surface area contributed by atoms with E-state index in [4.69, 9.17) is 4.42 Å². The van der Waals surface area contributed by atoms with E-state index in [-0.39, 0.29) is 18.4 Å². The molecule has 2 aromatic rings. The minimum atomic E-state index is -0.0843. The molecule has 0 aliphatic rings. The first kappa shape index (κ1) is 17.8. The average molecular weight is 328 g/mol. The van der Waals surface area contributed by atoms with Gasteiger partial charge < -0.3 is 14.2 Å². The van der Waals surface area contributed by atoms with Crippen LogP contribution >= 0.6 is 0 Å². The van der Waals surface area contributed by atoms with E-state index in [0.717, 1.165) is 17.7 Å². The second kappa shape index (κ2) is 8.91. The third kappa shape index (κ3) is 5.26. The second-order valence-electron chi connectivity index (χ2n) is 5.76. The summed E-state index contributed by atoms with van der Waals surface area (Å²) in [5.74, 6) is 0.561. The van der Waals surface area contributed by atoms with Crippen molar-refractivity contribution in [1.82, 2.24) is 9.80 Å². The minimum Gasteiger partial charge on any atom is -0.467 e. The maximum absolute atomic E-state index is 12.8. The molecular formula is C19H24N2O3. The van der Waals surface area contributed by atoms with Crippen molar-refractivity contribution < 1.29 is 14.0 Å². The molecule has 0 saturated carbocycles. The van der Waals surface area contributed by atoms with Crippen LogP contribution in [0.3, 0.4) is 0 Å². The molecule has 5 nitrogen and oxygen atoms in total. The molecule has 0 unspecified atom stereocenters. The Morgan fingerprint density at radius 3 is 2.33 bits per heavy atom. The van der Waals surface area contributed by atoms with Gasteiger partial charge in [-0.1, -0.05) is 37.3 Å². The van der Waals surface area contributed by atoms with E-state index < -0.39 is 0 Å². The predicted octanol–water partition coefficient (Wildman–Crippen LogP) is 3.07. The van der Waals surface area contributed by atoms with Crippen molar-refractivity contribution >= 4 is 11.8 Å². The van der Waals surface area contributed by atoms with Gasteiger partial charge >= 0.3 is 0 Å². The first-order valence-electron chi connectivity index (χ1n) is 8.19. The lowest BCUT2D eigenvalue weighted by atomic mass is 10.2. The van der Waals surface area contributed by atoms with Gasteiger partial charge in [0.25, 0.3) is 0 Å². The molecule has 0 saturated heterocycles. The zero-order valence-corrected chi connectivity index (χ0v) is 14.3. The highest BCUT2D eigenvalue weighted by atomic mass is 16.3. The van der Waals surface area contributed by atoms with E-state index >= 15 is 0 Å². The number of carbonyl (C=O) groups excluding carboxylic acids is 2. The molecule has 0 aliphatic heterocycles. The Morgan fingerprint density at radius 1 is 1.00 bits per heavy atom. The van der Waals surface area contributed by atoms with E-state index in [9.17, 15) is 9.59 Å². The normalized spacial score (nSPS) is 10.4. The summed E-state index contributed by atoms with van der Waals surface area (Å²) in [6.45, 7) is 5.04. The molecule has 0 aliphatic carbocycles. The van der Waals surface area contributed by atoms with Gasteiger partial charge in [0, 0.05) is 20.0 Å². The van der Waals surface area contributed by atoms with E-state index in [1.54, 1.807) is 22.1 Å². The Hall–Kier alpha value is -2.56. The molecule has 0 fully saturated rings. The number of hydrogen-bond donors (Lipinski definition) is 0. The van der Waals surface area contributed by atoms with Gasteiger partial charge in [0.15, 0.2) is 0 Å². The Labute approximate surface area is 142 Å². The smallest absolute Gasteiger partial charge is 0.242 e. The lowest BCUT2D eigenvalue weighted by Gasteiger charge is -2.26. The molecule has 1 aromatic carbocycles. The lowest BCUT2D eigenvalue weighted by molar-refractivity contribution is -0.140. The molecule has 2 rings (SSSR count). The van der Waals surface area contributed by atoms with Crippen molar-refractivity contribution in [2.75, 3.05) is 13.1 Å². The van der Waals surface area contributed by atoms with Crippen LogP contribution in [0.25, 0.3) is 0 Å². The fourth-order valence-electron chi connectivity index (χ4n) is 2.51. The molecule has 0 N–H and O–H groups in total. The molecule has 2 amide bonds. The monoisotopic (exact) mass is 328 g/mol. The van der Waals surface area contributed by atoms with Crippen LogP contribution < -0.4 is 0 Å². The van der Waals surface area contributed by atoms with Crippen LogP contribution in [-0.2, 0) is 22.7 Å². The van der Waals surface area contributed by atoms with Crippen LogP contribution in [0.1, 0.15) is 31.6 Å². The fraction of sp³-hybridized carbons (Fsp3) is 0.368. The Bertz CT molecular complexity index is 638. The van der Waals surface area contributed by atoms with Crippen molar-refractivity contribution in [2.24, 2.45) is 0 Å². The summed E-state index contributed by atoms with van der Waals surface area (Å²) in [6.07, 6.45) is 2.42. The quantitative estimate of drug-likeness (QED) is 0.748. The number of furan rings is 1. The SMILES string of the molecule is CCCN(CC(=O)N(Cc1ccccc1)Cc1ccco1)C(C)=O. The van der Waals surface area contributed by atoms with Crippen LogP contribution in [-0.4, -0.2) is 34.7 Å². The van der Waals surface area contributed by atoms with Crippen LogP contribution in [0, 0.1) is 0 Å². The van der Waals surface area contributed by atoms with Gasteiger partial charge in [-0.05, 0) is 24.1 Å². The Kier molecular flexibility index (Phi) is 6.61. The third-order valence-electron chi connectivity index (χ3n) is 3.76. The average Bonchev–Trinajstić information content (AvgIpc) is 3.07. The summed E-state index contributed by atoms with van der Waals surface area (Å²) in [7, 11) is 0. The Morgan fingerprint density at radius 2 is 1.75 bits per heavy atom. The minimum absolute atomic E-state index is 0.0807. The maximum atomic E-state index is 12.8. The van der Waals surface area contributed by atoms with Gasteiger partial charge in [-0.15, -0.1) is 0 Å². The summed E-state index contributed by atoms with van der Waals surface area (Å²) in [5, 5.41) is 0. The molecule has 5 heteroatoms. The standard InChI is InChI=1S/C19H24N2O3/c1-3-11-20(16(2)22)15-19(23)21(14-18-10-7-12-24-18)13-17-8-5-4-6-9-17/h4-10,12H,3,11,13-15H2,1-2H3. The van der Waals surface area contributed by atoms with Gasteiger partial charge in [-0.2, -0.15) is 0 Å². The topological polar surface area (TPSA) is 53.8 Å². The molecule has 0 atom stereocenters. The van der Waals surface area contributed by atoms with Gasteiger partial charge in [-0.25, -0.2) is 0 Å². The third-order valence-corrected chi connectivity index (χ3v) is 3.76. The first-order chi connectivity index (χ1) is 11.6. The molecule has 0 radical (unpaired) electrons. The summed E-state index contributed by atoms with van der Waals surface area (Å²) in [4.78, 5) is 27.8. The van der Waals surface area contributed by atoms with Crippen molar-refractivity contribution in [3.63, 3.8) is 0 Å². The van der Waals surface area contributed by atoms with E-state index in [1.165, 1.54) is 6.92 Å². The van der Waals surface area contributed by atoms with E-state index in [1.807, 2.05) is 43.3 Å². The second-order valence-corrected chi connectivity index (χ2v) is 5.76. The summed E-state index contributed by atoms with van der Waals surface area (Å²) in [6, 6.07) is 13.5. The highest BCUT2D eigenvalue weighted by Crippen LogP contribution is 2.11. The van der Waals surface area contributed by atoms with E-state index in [2.05, 4.69) is 0 Å². The van der Waals surface area contributed by atoms with Crippen LogP contribution in [0.5, 0.6) is 0 Å². The van der Waals surface area contributed by atoms with Crippen LogP contribution in [0.4, 0.5) is 0 Å². The number of carbonyl (C=O) groups is 2. The molecular weight excluding hydrogens is 304 g/mol. The van der Waals surface area contributed by atoms with Crippen LogP contribution in [0.15, 0.2) is 53.1 Å². The molecule has 0 bridgehead atoms. The molecule has 24 heavy (non-hydrogen) atoms. The summed E-state index contributed by atoms with van der Waals surface area (Å²) < 4.78 is 5.38. The first-order valence-corrected chi connectivity index (χ1v) is 8.19. The zero-order valence-electron chi connectivity index (χ0n) is 14.3. The summed E-state index contributed by atoms with van der Waals surface area (Å²) in [5.41, 5.74) is 1.04.